The molecule has 0 aromatic heterocycles. The largest absolute Gasteiger partial charge is 0.346 e. The minimum absolute atomic E-state index is 0.0146. The smallest absolute Gasteiger partial charge is 0.252 e. The lowest BCUT2D eigenvalue weighted by Crippen LogP contribution is -2.27. The molecule has 1 aliphatic rings. The highest BCUT2D eigenvalue weighted by Gasteiger charge is 2.16. The highest BCUT2D eigenvalue weighted by Crippen LogP contribution is 2.25. The molecule has 0 heterocycles. The van der Waals surface area contributed by atoms with Gasteiger partial charge in [0, 0.05) is 5.56 Å². The SMILES string of the molecule is Cc1cc(C)c(C(=O)NC(C)c2ccc3c(c2)CCCC3)cc1C. The van der Waals surface area contributed by atoms with Crippen molar-refractivity contribution >= 4 is 5.91 Å². The molecule has 0 bridgehead atoms. The van der Waals surface area contributed by atoms with E-state index in [2.05, 4.69) is 50.4 Å². The molecule has 3 rings (SSSR count). The summed E-state index contributed by atoms with van der Waals surface area (Å²) < 4.78 is 0. The maximum atomic E-state index is 12.7. The summed E-state index contributed by atoms with van der Waals surface area (Å²) in [6, 6.07) is 10.8. The van der Waals surface area contributed by atoms with Crippen molar-refractivity contribution in [3.05, 3.63) is 69.3 Å². The number of fused-ring (bicyclic) bond motifs is 1. The number of nitrogens with one attached hydrogen (secondary N) is 1. The molecule has 0 radical (unpaired) electrons. The van der Waals surface area contributed by atoms with Gasteiger partial charge in [-0.05, 0) is 92.8 Å². The molecule has 2 nitrogen and oxygen atoms in total. The van der Waals surface area contributed by atoms with Gasteiger partial charge in [-0.2, -0.15) is 0 Å². The zero-order chi connectivity index (χ0) is 17.3. The van der Waals surface area contributed by atoms with Gasteiger partial charge in [0.05, 0.1) is 6.04 Å². The first-order chi connectivity index (χ1) is 11.5. The number of aryl methyl sites for hydroxylation is 5. The fourth-order valence-corrected chi connectivity index (χ4v) is 3.59. The van der Waals surface area contributed by atoms with E-state index in [1.54, 1.807) is 0 Å². The van der Waals surface area contributed by atoms with E-state index in [1.807, 2.05) is 13.0 Å². The average molecular weight is 321 g/mol. The molecule has 1 unspecified atom stereocenters. The van der Waals surface area contributed by atoms with Crippen LogP contribution < -0.4 is 5.32 Å². The highest BCUT2D eigenvalue weighted by atomic mass is 16.1. The molecule has 2 aromatic carbocycles. The Hall–Kier alpha value is -2.09. The molecule has 0 aliphatic heterocycles. The van der Waals surface area contributed by atoms with Gasteiger partial charge in [0.25, 0.3) is 5.91 Å². The normalized spacial score (nSPS) is 14.8. The number of hydrogen-bond acceptors (Lipinski definition) is 1. The Kier molecular flexibility index (Phi) is 4.75. The Labute approximate surface area is 145 Å². The summed E-state index contributed by atoms with van der Waals surface area (Å²) in [6.45, 7) is 8.21. The minimum Gasteiger partial charge on any atom is -0.346 e. The fourth-order valence-electron chi connectivity index (χ4n) is 3.59. The minimum atomic E-state index is 0.0146. The van der Waals surface area contributed by atoms with Crippen LogP contribution in [0.2, 0.25) is 0 Å². The number of rotatable bonds is 3. The zero-order valence-electron chi connectivity index (χ0n) is 15.2. The number of hydrogen-bond donors (Lipinski definition) is 1. The lowest BCUT2D eigenvalue weighted by atomic mass is 9.89. The number of benzene rings is 2. The Morgan fingerprint density at radius 2 is 1.58 bits per heavy atom. The fraction of sp³-hybridized carbons (Fsp3) is 0.409. The first-order valence-corrected chi connectivity index (χ1v) is 8.96. The van der Waals surface area contributed by atoms with Crippen LogP contribution in [0.15, 0.2) is 30.3 Å². The predicted molar refractivity (Wildman–Crippen MR) is 99.6 cm³/mol. The lowest BCUT2D eigenvalue weighted by molar-refractivity contribution is 0.0939. The standard InChI is InChI=1S/C22H27NO/c1-14-11-16(3)21(12-15(14)2)22(24)23-17(4)19-10-9-18-7-5-6-8-20(18)13-19/h9-13,17H,5-8H2,1-4H3,(H,23,24). The van der Waals surface area contributed by atoms with Crippen molar-refractivity contribution in [2.75, 3.05) is 0 Å². The van der Waals surface area contributed by atoms with Crippen LogP contribution in [0, 0.1) is 20.8 Å². The topological polar surface area (TPSA) is 29.1 Å². The third kappa shape index (κ3) is 3.38. The maximum Gasteiger partial charge on any atom is 0.252 e. The number of carbonyl (C=O) groups is 1. The predicted octanol–water partition coefficient (Wildman–Crippen LogP) is 4.98. The molecule has 0 fully saturated rings. The van der Waals surface area contributed by atoms with Crippen LogP contribution in [0.1, 0.15) is 69.5 Å². The van der Waals surface area contributed by atoms with Crippen molar-refractivity contribution in [3.8, 4) is 0 Å². The van der Waals surface area contributed by atoms with E-state index >= 15 is 0 Å². The van der Waals surface area contributed by atoms with Gasteiger partial charge in [-0.1, -0.05) is 24.3 Å². The summed E-state index contributed by atoms with van der Waals surface area (Å²) >= 11 is 0. The Balaban J connectivity index is 1.78. The van der Waals surface area contributed by atoms with Crippen LogP contribution in [0.25, 0.3) is 0 Å². The summed E-state index contributed by atoms with van der Waals surface area (Å²) in [5.74, 6) is 0.0146. The summed E-state index contributed by atoms with van der Waals surface area (Å²) in [5, 5.41) is 3.17. The quantitative estimate of drug-likeness (QED) is 0.848. The summed E-state index contributed by atoms with van der Waals surface area (Å²) in [5.41, 5.74) is 8.34. The first-order valence-electron chi connectivity index (χ1n) is 8.96. The van der Waals surface area contributed by atoms with Gasteiger partial charge in [-0.15, -0.1) is 0 Å². The third-order valence-corrected chi connectivity index (χ3v) is 5.31. The summed E-state index contributed by atoms with van der Waals surface area (Å²) in [7, 11) is 0. The van der Waals surface area contributed by atoms with Crippen molar-refractivity contribution in [3.63, 3.8) is 0 Å². The molecule has 0 saturated heterocycles. The van der Waals surface area contributed by atoms with Crippen LogP contribution in [-0.2, 0) is 12.8 Å². The first kappa shape index (κ1) is 16.8. The number of carbonyl (C=O) groups excluding carboxylic acids is 1. The second-order valence-electron chi connectivity index (χ2n) is 7.18. The molecule has 0 spiro atoms. The molecule has 2 heteroatoms. The molecule has 0 saturated carbocycles. The van der Waals surface area contributed by atoms with Gasteiger partial charge >= 0.3 is 0 Å². The van der Waals surface area contributed by atoms with E-state index in [1.165, 1.54) is 47.9 Å². The van der Waals surface area contributed by atoms with Gasteiger partial charge in [0.15, 0.2) is 0 Å². The summed E-state index contributed by atoms with van der Waals surface area (Å²) in [6.07, 6.45) is 4.93. The second-order valence-corrected chi connectivity index (χ2v) is 7.18. The molecule has 1 atom stereocenters. The maximum absolute atomic E-state index is 12.7. The lowest BCUT2D eigenvalue weighted by Gasteiger charge is -2.20. The van der Waals surface area contributed by atoms with E-state index < -0.39 is 0 Å². The second kappa shape index (κ2) is 6.80. The van der Waals surface area contributed by atoms with Crippen molar-refractivity contribution in [1.29, 1.82) is 0 Å². The Bertz CT molecular complexity index is 776. The molecule has 1 amide bonds. The molecule has 126 valence electrons. The van der Waals surface area contributed by atoms with Gasteiger partial charge in [-0.3, -0.25) is 4.79 Å². The number of amides is 1. The van der Waals surface area contributed by atoms with E-state index in [0.29, 0.717) is 0 Å². The van der Waals surface area contributed by atoms with Crippen LogP contribution >= 0.6 is 0 Å². The van der Waals surface area contributed by atoms with Crippen LogP contribution in [0.5, 0.6) is 0 Å². The Morgan fingerprint density at radius 3 is 2.33 bits per heavy atom. The van der Waals surface area contributed by atoms with E-state index in [-0.39, 0.29) is 11.9 Å². The molecular weight excluding hydrogens is 294 g/mol. The zero-order valence-corrected chi connectivity index (χ0v) is 15.2. The van der Waals surface area contributed by atoms with E-state index in [4.69, 9.17) is 0 Å². The van der Waals surface area contributed by atoms with Gasteiger partial charge in [0.1, 0.15) is 0 Å². The molecule has 1 aliphatic carbocycles. The monoisotopic (exact) mass is 321 g/mol. The van der Waals surface area contributed by atoms with Crippen LogP contribution in [0.3, 0.4) is 0 Å². The summed E-state index contributed by atoms with van der Waals surface area (Å²) in [4.78, 5) is 12.7. The van der Waals surface area contributed by atoms with E-state index in [0.717, 1.165) is 16.7 Å². The van der Waals surface area contributed by atoms with Crippen molar-refractivity contribution in [2.24, 2.45) is 0 Å². The van der Waals surface area contributed by atoms with Crippen LogP contribution in [0.4, 0.5) is 0 Å². The van der Waals surface area contributed by atoms with Crippen molar-refractivity contribution in [1.82, 2.24) is 5.32 Å². The average Bonchev–Trinajstić information content (AvgIpc) is 2.57. The van der Waals surface area contributed by atoms with Crippen LogP contribution in [-0.4, -0.2) is 5.91 Å². The van der Waals surface area contributed by atoms with Gasteiger partial charge in [-0.25, -0.2) is 0 Å². The van der Waals surface area contributed by atoms with Gasteiger partial charge < -0.3 is 5.32 Å². The molecule has 24 heavy (non-hydrogen) atoms. The molecule has 2 aromatic rings. The van der Waals surface area contributed by atoms with Crippen molar-refractivity contribution < 1.29 is 4.79 Å². The molecule has 1 N–H and O–H groups in total. The molecular formula is C22H27NO. The Morgan fingerprint density at radius 1 is 0.917 bits per heavy atom. The van der Waals surface area contributed by atoms with Gasteiger partial charge in [0.2, 0.25) is 0 Å². The van der Waals surface area contributed by atoms with Crippen molar-refractivity contribution in [2.45, 2.75) is 59.4 Å². The van der Waals surface area contributed by atoms with E-state index in [9.17, 15) is 4.79 Å². The highest BCUT2D eigenvalue weighted by molar-refractivity contribution is 5.96. The third-order valence-electron chi connectivity index (χ3n) is 5.31.